The third-order valence-electron chi connectivity index (χ3n) is 3.22. The average Bonchev–Trinajstić information content (AvgIpc) is 2.53. The van der Waals surface area contributed by atoms with Crippen molar-refractivity contribution in [3.05, 3.63) is 35.4 Å². The molecule has 0 saturated carbocycles. The Labute approximate surface area is 107 Å². The summed E-state index contributed by atoms with van der Waals surface area (Å²) in [7, 11) is 0. The minimum atomic E-state index is -0.951. The number of rotatable bonds is 3. The highest BCUT2D eigenvalue weighted by Gasteiger charge is 2.43. The number of carbonyl (C=O) groups excluding carboxylic acids is 2. The van der Waals surface area contributed by atoms with E-state index in [1.165, 1.54) is 5.56 Å². The van der Waals surface area contributed by atoms with Crippen LogP contribution >= 0.6 is 0 Å². The third-order valence-corrected chi connectivity index (χ3v) is 3.22. The number of nitrogens with one attached hydrogen (secondary N) is 2. The van der Waals surface area contributed by atoms with E-state index in [2.05, 4.69) is 24.5 Å². The lowest BCUT2D eigenvalue weighted by atomic mass is 9.90. The topological polar surface area (TPSA) is 58.2 Å². The molecule has 2 N–H and O–H groups in total. The second kappa shape index (κ2) is 4.44. The highest BCUT2D eigenvalue weighted by atomic mass is 16.2. The Kier molecular flexibility index (Phi) is 3.11. The van der Waals surface area contributed by atoms with Crippen LogP contribution in [0.3, 0.4) is 0 Å². The fraction of sp³-hybridized carbons (Fsp3) is 0.429. The van der Waals surface area contributed by atoms with Gasteiger partial charge in [0.05, 0.1) is 0 Å². The predicted molar refractivity (Wildman–Crippen MR) is 69.0 cm³/mol. The summed E-state index contributed by atoms with van der Waals surface area (Å²) in [6.45, 7) is 6.05. The maximum absolute atomic E-state index is 11.8. The van der Waals surface area contributed by atoms with E-state index in [0.717, 1.165) is 12.0 Å². The van der Waals surface area contributed by atoms with E-state index in [1.54, 1.807) is 6.92 Å². The van der Waals surface area contributed by atoms with Gasteiger partial charge in [0.2, 0.25) is 0 Å². The van der Waals surface area contributed by atoms with Gasteiger partial charge in [0.15, 0.2) is 0 Å². The molecule has 0 aliphatic carbocycles. The zero-order chi connectivity index (χ0) is 13.3. The SMILES string of the molecule is CC(C)Cc1ccc(C2(C)NC(=O)NC2=O)cc1. The van der Waals surface area contributed by atoms with Crippen molar-refractivity contribution < 1.29 is 9.59 Å². The van der Waals surface area contributed by atoms with Gasteiger partial charge in [0.25, 0.3) is 5.91 Å². The maximum atomic E-state index is 11.8. The lowest BCUT2D eigenvalue weighted by Gasteiger charge is -2.21. The highest BCUT2D eigenvalue weighted by Crippen LogP contribution is 2.24. The number of amides is 3. The van der Waals surface area contributed by atoms with Gasteiger partial charge in [-0.2, -0.15) is 0 Å². The lowest BCUT2D eigenvalue weighted by molar-refractivity contribution is -0.123. The first-order valence-corrected chi connectivity index (χ1v) is 6.15. The Hall–Kier alpha value is -1.84. The Bertz CT molecular complexity index is 479. The van der Waals surface area contributed by atoms with E-state index in [1.807, 2.05) is 24.3 Å². The van der Waals surface area contributed by atoms with E-state index in [0.29, 0.717) is 5.92 Å². The molecule has 18 heavy (non-hydrogen) atoms. The summed E-state index contributed by atoms with van der Waals surface area (Å²) < 4.78 is 0. The van der Waals surface area contributed by atoms with Crippen molar-refractivity contribution in [3.8, 4) is 0 Å². The Morgan fingerprint density at radius 3 is 2.22 bits per heavy atom. The molecule has 96 valence electrons. The van der Waals surface area contributed by atoms with Gasteiger partial charge in [-0.3, -0.25) is 10.1 Å². The van der Waals surface area contributed by atoms with Gasteiger partial charge in [-0.05, 0) is 30.4 Å². The van der Waals surface area contributed by atoms with Gasteiger partial charge in [-0.25, -0.2) is 4.79 Å². The molecule has 1 aromatic rings. The molecule has 1 aliphatic heterocycles. The summed E-state index contributed by atoms with van der Waals surface area (Å²) in [5, 5.41) is 4.92. The van der Waals surface area contributed by atoms with E-state index in [4.69, 9.17) is 0 Å². The largest absolute Gasteiger partial charge is 0.322 e. The molecule has 0 aromatic heterocycles. The molecule has 2 rings (SSSR count). The first-order chi connectivity index (χ1) is 8.41. The van der Waals surface area contributed by atoms with Crippen LogP contribution in [0.4, 0.5) is 4.79 Å². The Morgan fingerprint density at radius 1 is 1.17 bits per heavy atom. The molecule has 1 unspecified atom stereocenters. The van der Waals surface area contributed by atoms with Crippen LogP contribution in [-0.4, -0.2) is 11.9 Å². The molecule has 1 saturated heterocycles. The lowest BCUT2D eigenvalue weighted by Crippen LogP contribution is -2.40. The van der Waals surface area contributed by atoms with Crippen LogP contribution in [0.1, 0.15) is 31.9 Å². The molecule has 1 heterocycles. The minimum absolute atomic E-state index is 0.302. The van der Waals surface area contributed by atoms with Crippen molar-refractivity contribution in [2.24, 2.45) is 5.92 Å². The van der Waals surface area contributed by atoms with Crippen molar-refractivity contribution in [2.45, 2.75) is 32.7 Å². The standard InChI is InChI=1S/C14H18N2O2/c1-9(2)8-10-4-6-11(7-5-10)14(3)12(17)15-13(18)16-14/h4-7,9H,8H2,1-3H3,(H2,15,16,17,18). The summed E-state index contributed by atoms with van der Waals surface area (Å²) in [6, 6.07) is 7.40. The Morgan fingerprint density at radius 2 is 1.78 bits per heavy atom. The van der Waals surface area contributed by atoms with Gasteiger partial charge in [-0.15, -0.1) is 0 Å². The number of hydrogen-bond acceptors (Lipinski definition) is 2. The molecule has 4 heteroatoms. The fourth-order valence-electron chi connectivity index (χ4n) is 2.19. The van der Waals surface area contributed by atoms with E-state index in [9.17, 15) is 9.59 Å². The second-order valence-corrected chi connectivity index (χ2v) is 5.33. The summed E-state index contributed by atoms with van der Waals surface area (Å²) in [6.07, 6.45) is 1.01. The predicted octanol–water partition coefficient (Wildman–Crippen LogP) is 1.94. The molecular weight excluding hydrogens is 228 g/mol. The van der Waals surface area contributed by atoms with Crippen molar-refractivity contribution >= 4 is 11.9 Å². The van der Waals surface area contributed by atoms with Gasteiger partial charge >= 0.3 is 6.03 Å². The van der Waals surface area contributed by atoms with Gasteiger partial charge in [0.1, 0.15) is 5.54 Å². The van der Waals surface area contributed by atoms with Crippen LogP contribution < -0.4 is 10.6 Å². The second-order valence-electron chi connectivity index (χ2n) is 5.33. The molecular formula is C14H18N2O2. The molecule has 1 fully saturated rings. The number of carbonyl (C=O) groups is 2. The van der Waals surface area contributed by atoms with E-state index < -0.39 is 11.6 Å². The van der Waals surface area contributed by atoms with Crippen molar-refractivity contribution in [1.82, 2.24) is 10.6 Å². The van der Waals surface area contributed by atoms with Crippen molar-refractivity contribution in [3.63, 3.8) is 0 Å². The maximum Gasteiger partial charge on any atom is 0.322 e. The summed E-state index contributed by atoms with van der Waals surface area (Å²) in [5.41, 5.74) is 1.09. The molecule has 0 bridgehead atoms. The molecule has 1 atom stereocenters. The summed E-state index contributed by atoms with van der Waals surface area (Å²) >= 11 is 0. The fourth-order valence-corrected chi connectivity index (χ4v) is 2.19. The van der Waals surface area contributed by atoms with E-state index in [-0.39, 0.29) is 5.91 Å². The number of imide groups is 1. The van der Waals surface area contributed by atoms with Gasteiger partial charge in [0, 0.05) is 0 Å². The number of benzene rings is 1. The van der Waals surface area contributed by atoms with E-state index >= 15 is 0 Å². The number of hydrogen-bond donors (Lipinski definition) is 2. The highest BCUT2D eigenvalue weighted by molar-refractivity contribution is 6.07. The van der Waals surface area contributed by atoms with Crippen LogP contribution in [0.5, 0.6) is 0 Å². The van der Waals surface area contributed by atoms with Crippen molar-refractivity contribution in [1.29, 1.82) is 0 Å². The quantitative estimate of drug-likeness (QED) is 0.801. The monoisotopic (exact) mass is 246 g/mol. The first-order valence-electron chi connectivity index (χ1n) is 6.15. The number of urea groups is 1. The molecule has 0 radical (unpaired) electrons. The molecule has 4 nitrogen and oxygen atoms in total. The zero-order valence-corrected chi connectivity index (χ0v) is 10.9. The smallest absolute Gasteiger partial charge is 0.320 e. The van der Waals surface area contributed by atoms with Crippen LogP contribution in [0.15, 0.2) is 24.3 Å². The molecule has 1 aromatic carbocycles. The van der Waals surface area contributed by atoms with Crippen LogP contribution in [0.2, 0.25) is 0 Å². The van der Waals surface area contributed by atoms with Gasteiger partial charge in [-0.1, -0.05) is 38.1 Å². The zero-order valence-electron chi connectivity index (χ0n) is 10.9. The normalized spacial score (nSPS) is 23.1. The summed E-state index contributed by atoms with van der Waals surface area (Å²) in [4.78, 5) is 23.0. The first kappa shape index (κ1) is 12.6. The molecule has 0 spiro atoms. The summed E-state index contributed by atoms with van der Waals surface area (Å²) in [5.74, 6) is 0.296. The third kappa shape index (κ3) is 2.23. The van der Waals surface area contributed by atoms with Crippen molar-refractivity contribution in [2.75, 3.05) is 0 Å². The molecule has 3 amide bonds. The average molecular weight is 246 g/mol. The minimum Gasteiger partial charge on any atom is -0.320 e. The van der Waals surface area contributed by atoms with Crippen LogP contribution in [0.25, 0.3) is 0 Å². The molecule has 1 aliphatic rings. The van der Waals surface area contributed by atoms with Crippen LogP contribution in [0, 0.1) is 5.92 Å². The Balaban J connectivity index is 2.24. The van der Waals surface area contributed by atoms with Gasteiger partial charge < -0.3 is 5.32 Å². The van der Waals surface area contributed by atoms with Crippen LogP contribution in [-0.2, 0) is 16.8 Å².